The second-order valence-corrected chi connectivity index (χ2v) is 8.42. The number of carbonyl (C=O) groups excluding carboxylic acids is 1. The van der Waals surface area contributed by atoms with Crippen LogP contribution < -0.4 is 0 Å². The largest absolute Gasteiger partial charge is 0.360 e. The molecule has 0 atom stereocenters. The van der Waals surface area contributed by atoms with Crippen LogP contribution in [0.3, 0.4) is 0 Å². The number of allylic oxidation sites excluding steroid dienone is 1. The summed E-state index contributed by atoms with van der Waals surface area (Å²) < 4.78 is 31.9. The summed E-state index contributed by atoms with van der Waals surface area (Å²) in [6.07, 6.45) is 4.04. The van der Waals surface area contributed by atoms with Crippen molar-refractivity contribution in [1.29, 1.82) is 0 Å². The highest BCUT2D eigenvalue weighted by Crippen LogP contribution is 2.36. The van der Waals surface area contributed by atoms with Crippen LogP contribution in [0.5, 0.6) is 0 Å². The minimum Gasteiger partial charge on any atom is -0.360 e. The molecule has 0 radical (unpaired) electrons. The van der Waals surface area contributed by atoms with Gasteiger partial charge in [0.1, 0.15) is 10.6 Å². The van der Waals surface area contributed by atoms with E-state index in [-0.39, 0.29) is 23.9 Å². The van der Waals surface area contributed by atoms with Crippen molar-refractivity contribution in [3.05, 3.63) is 23.1 Å². The minimum atomic E-state index is -3.63. The molecule has 2 heterocycles. The fourth-order valence-corrected chi connectivity index (χ4v) is 4.78. The molecular weight excluding hydrogens is 330 g/mol. The summed E-state index contributed by atoms with van der Waals surface area (Å²) in [5.41, 5.74) is 1.50. The molecule has 1 saturated carbocycles. The van der Waals surface area contributed by atoms with Gasteiger partial charge in [0.2, 0.25) is 15.9 Å². The highest BCUT2D eigenvalue weighted by molar-refractivity contribution is 7.89. The molecular formula is C16H23N3O4S. The Balaban J connectivity index is 1.66. The third kappa shape index (κ3) is 3.25. The minimum absolute atomic E-state index is 0.0196. The number of hydrogen-bond acceptors (Lipinski definition) is 5. The first kappa shape index (κ1) is 17.2. The van der Waals surface area contributed by atoms with Crippen LogP contribution in [0.4, 0.5) is 0 Å². The van der Waals surface area contributed by atoms with Crippen LogP contribution in [0, 0.1) is 19.8 Å². The molecule has 2 fully saturated rings. The lowest BCUT2D eigenvalue weighted by molar-refractivity contribution is -0.127. The smallest absolute Gasteiger partial charge is 0.248 e. The second kappa shape index (κ2) is 6.33. The van der Waals surface area contributed by atoms with Gasteiger partial charge in [0, 0.05) is 32.3 Å². The van der Waals surface area contributed by atoms with Crippen LogP contribution in [-0.4, -0.2) is 54.9 Å². The molecule has 1 aliphatic carbocycles. The molecule has 1 aliphatic heterocycles. The number of piperazine rings is 1. The fraction of sp³-hybridized carbons (Fsp3) is 0.625. The zero-order valence-corrected chi connectivity index (χ0v) is 15.1. The summed E-state index contributed by atoms with van der Waals surface area (Å²) in [5.74, 6) is 0.845. The van der Waals surface area contributed by atoms with Crippen LogP contribution >= 0.6 is 0 Å². The quantitative estimate of drug-likeness (QED) is 0.766. The number of rotatable bonds is 4. The number of aromatic nitrogens is 1. The summed E-state index contributed by atoms with van der Waals surface area (Å²) in [6, 6.07) is 0. The summed E-state index contributed by atoms with van der Waals surface area (Å²) in [7, 11) is -3.63. The van der Waals surface area contributed by atoms with Crippen molar-refractivity contribution in [2.45, 2.75) is 38.5 Å². The molecule has 0 N–H and O–H groups in total. The molecule has 1 saturated heterocycles. The van der Waals surface area contributed by atoms with E-state index in [9.17, 15) is 13.2 Å². The Morgan fingerprint density at radius 3 is 2.33 bits per heavy atom. The van der Waals surface area contributed by atoms with Gasteiger partial charge in [-0.2, -0.15) is 4.31 Å². The van der Waals surface area contributed by atoms with E-state index >= 15 is 0 Å². The van der Waals surface area contributed by atoms with E-state index in [0.717, 1.165) is 5.57 Å². The van der Waals surface area contributed by atoms with E-state index in [1.54, 1.807) is 24.8 Å². The molecule has 3 rings (SSSR count). The molecule has 132 valence electrons. The van der Waals surface area contributed by atoms with Gasteiger partial charge in [0.05, 0.1) is 0 Å². The Morgan fingerprint density at radius 1 is 1.21 bits per heavy atom. The van der Waals surface area contributed by atoms with Crippen molar-refractivity contribution in [1.82, 2.24) is 14.4 Å². The van der Waals surface area contributed by atoms with Gasteiger partial charge in [-0.05, 0) is 39.5 Å². The third-order valence-electron chi connectivity index (χ3n) is 4.69. The van der Waals surface area contributed by atoms with Gasteiger partial charge < -0.3 is 9.42 Å². The van der Waals surface area contributed by atoms with E-state index in [4.69, 9.17) is 4.52 Å². The molecule has 1 aromatic heterocycles. The first-order chi connectivity index (χ1) is 11.3. The van der Waals surface area contributed by atoms with Crippen molar-refractivity contribution < 1.29 is 17.7 Å². The van der Waals surface area contributed by atoms with Crippen LogP contribution in [-0.2, 0) is 14.8 Å². The number of hydrogen-bond donors (Lipinski definition) is 0. The number of nitrogens with zero attached hydrogens (tertiary/aromatic N) is 3. The van der Waals surface area contributed by atoms with E-state index in [2.05, 4.69) is 5.16 Å². The lowest BCUT2D eigenvalue weighted by Crippen LogP contribution is -2.50. The summed E-state index contributed by atoms with van der Waals surface area (Å²) in [6.45, 7) is 6.58. The molecule has 24 heavy (non-hydrogen) atoms. The van der Waals surface area contributed by atoms with Crippen molar-refractivity contribution in [3.8, 4) is 0 Å². The summed E-state index contributed by atoms with van der Waals surface area (Å²) in [5, 5.41) is 3.72. The van der Waals surface area contributed by atoms with E-state index in [0.29, 0.717) is 30.5 Å². The van der Waals surface area contributed by atoms with E-state index in [1.807, 2.05) is 6.92 Å². The predicted octanol–water partition coefficient (Wildman–Crippen LogP) is 1.48. The number of amides is 1. The van der Waals surface area contributed by atoms with Crippen LogP contribution in [0.2, 0.25) is 0 Å². The first-order valence-electron chi connectivity index (χ1n) is 8.21. The molecule has 1 amide bonds. The molecule has 2 aliphatic rings. The van der Waals surface area contributed by atoms with E-state index < -0.39 is 10.0 Å². The van der Waals surface area contributed by atoms with Crippen LogP contribution in [0.25, 0.3) is 0 Å². The van der Waals surface area contributed by atoms with Gasteiger partial charge in [-0.25, -0.2) is 8.42 Å². The molecule has 0 aromatic carbocycles. The number of sulfonamides is 1. The number of aryl methyl sites for hydroxylation is 2. The maximum Gasteiger partial charge on any atom is 0.248 e. The lowest BCUT2D eigenvalue weighted by atomic mass is 10.2. The standard InChI is InChI=1S/C16H23N3O4S/c1-11(14-4-5-14)10-15(20)18-6-8-19(9-7-18)24(21,22)16-12(2)17-23-13(16)3/h10,14H,4-9H2,1-3H3/b11-10-. The van der Waals surface area contributed by atoms with Gasteiger partial charge in [-0.15, -0.1) is 0 Å². The summed E-state index contributed by atoms with van der Waals surface area (Å²) in [4.78, 5) is 14.1. The average molecular weight is 353 g/mol. The van der Waals surface area contributed by atoms with E-state index in [1.165, 1.54) is 17.1 Å². The van der Waals surface area contributed by atoms with Gasteiger partial charge in [-0.3, -0.25) is 4.79 Å². The molecule has 1 aromatic rings. The fourth-order valence-electron chi connectivity index (χ4n) is 3.06. The molecule has 0 bridgehead atoms. The zero-order chi connectivity index (χ0) is 17.5. The van der Waals surface area contributed by atoms with Crippen molar-refractivity contribution in [2.24, 2.45) is 5.92 Å². The SMILES string of the molecule is C/C(=C/C(=O)N1CCN(S(=O)(=O)c2c(C)noc2C)CC1)C1CC1. The van der Waals surface area contributed by atoms with Crippen LogP contribution in [0.15, 0.2) is 21.1 Å². The highest BCUT2D eigenvalue weighted by atomic mass is 32.2. The average Bonchev–Trinajstić information content (AvgIpc) is 3.33. The summed E-state index contributed by atoms with van der Waals surface area (Å²) >= 11 is 0. The molecule has 8 heteroatoms. The maximum absolute atomic E-state index is 12.8. The predicted molar refractivity (Wildman–Crippen MR) is 87.8 cm³/mol. The Hall–Kier alpha value is -1.67. The Bertz CT molecular complexity index is 750. The van der Waals surface area contributed by atoms with Crippen LogP contribution in [0.1, 0.15) is 31.2 Å². The molecule has 0 unspecified atom stereocenters. The van der Waals surface area contributed by atoms with Crippen molar-refractivity contribution in [3.63, 3.8) is 0 Å². The van der Waals surface area contributed by atoms with Gasteiger partial charge in [0.25, 0.3) is 0 Å². The Kier molecular flexibility index (Phi) is 4.52. The topological polar surface area (TPSA) is 83.7 Å². The first-order valence-corrected chi connectivity index (χ1v) is 9.65. The van der Waals surface area contributed by atoms with Gasteiger partial charge >= 0.3 is 0 Å². The van der Waals surface area contributed by atoms with Crippen molar-refractivity contribution >= 4 is 15.9 Å². The molecule has 7 nitrogen and oxygen atoms in total. The third-order valence-corrected chi connectivity index (χ3v) is 6.83. The normalized spacial score (nSPS) is 20.5. The Morgan fingerprint density at radius 2 is 1.83 bits per heavy atom. The van der Waals surface area contributed by atoms with Crippen molar-refractivity contribution in [2.75, 3.05) is 26.2 Å². The van der Waals surface area contributed by atoms with Gasteiger partial charge in [0.15, 0.2) is 5.76 Å². The maximum atomic E-state index is 12.8. The Labute approximate surface area is 142 Å². The zero-order valence-electron chi connectivity index (χ0n) is 14.3. The lowest BCUT2D eigenvalue weighted by Gasteiger charge is -2.33. The molecule has 0 spiro atoms. The van der Waals surface area contributed by atoms with Gasteiger partial charge in [-0.1, -0.05) is 10.7 Å². The number of carbonyl (C=O) groups is 1. The monoisotopic (exact) mass is 353 g/mol. The highest BCUT2D eigenvalue weighted by Gasteiger charge is 2.34. The second-order valence-electron chi connectivity index (χ2n) is 6.55.